The maximum absolute atomic E-state index is 12.0. The summed E-state index contributed by atoms with van der Waals surface area (Å²) in [5, 5.41) is 1.03. The molecule has 0 aliphatic rings. The summed E-state index contributed by atoms with van der Waals surface area (Å²) in [5.41, 5.74) is 2.02. The molecule has 0 bridgehead atoms. The molecule has 3 aromatic rings. The molecule has 21 heavy (non-hydrogen) atoms. The Morgan fingerprint density at radius 2 is 1.95 bits per heavy atom. The van der Waals surface area contributed by atoms with E-state index in [1.807, 2.05) is 37.3 Å². The Morgan fingerprint density at radius 1 is 1.19 bits per heavy atom. The molecule has 1 aromatic carbocycles. The fourth-order valence-corrected chi connectivity index (χ4v) is 3.10. The van der Waals surface area contributed by atoms with E-state index < -0.39 is 0 Å². The van der Waals surface area contributed by atoms with Gasteiger partial charge in [-0.15, -0.1) is 0 Å². The summed E-state index contributed by atoms with van der Waals surface area (Å²) < 4.78 is 1.28. The van der Waals surface area contributed by atoms with Crippen LogP contribution in [0.4, 0.5) is 0 Å². The summed E-state index contributed by atoms with van der Waals surface area (Å²) in [5.74, 6) is 0.470. The molecule has 3 rings (SSSR count). The first-order valence-electron chi connectivity index (χ1n) is 6.44. The van der Waals surface area contributed by atoms with Crippen molar-refractivity contribution in [2.45, 2.75) is 13.3 Å². The van der Waals surface area contributed by atoms with E-state index >= 15 is 0 Å². The van der Waals surface area contributed by atoms with E-state index in [1.165, 1.54) is 0 Å². The van der Waals surface area contributed by atoms with Crippen molar-refractivity contribution in [3.63, 3.8) is 0 Å². The Labute approximate surface area is 137 Å². The maximum Gasteiger partial charge on any atom is 0.265 e. The molecule has 1 N–H and O–H groups in total. The fraction of sp³-hybridized carbons (Fsp3) is 0.133. The van der Waals surface area contributed by atoms with Crippen molar-refractivity contribution in [1.29, 1.82) is 0 Å². The molecule has 0 aliphatic heterocycles. The summed E-state index contributed by atoms with van der Waals surface area (Å²) in [4.78, 5) is 23.8. The van der Waals surface area contributed by atoms with Gasteiger partial charge in [-0.05, 0) is 50.4 Å². The molecule has 4 nitrogen and oxygen atoms in total. The van der Waals surface area contributed by atoms with Gasteiger partial charge in [0.1, 0.15) is 10.2 Å². The van der Waals surface area contributed by atoms with E-state index in [4.69, 9.17) is 0 Å². The molecule has 0 unspecified atom stereocenters. The smallest absolute Gasteiger partial charge is 0.265 e. The van der Waals surface area contributed by atoms with Crippen LogP contribution in [0.15, 0.2) is 44.1 Å². The van der Waals surface area contributed by atoms with E-state index in [9.17, 15) is 4.79 Å². The van der Waals surface area contributed by atoms with Gasteiger partial charge in [0.25, 0.3) is 5.56 Å². The third kappa shape index (κ3) is 2.65. The molecule has 0 saturated carbocycles. The van der Waals surface area contributed by atoms with Gasteiger partial charge in [-0.25, -0.2) is 9.97 Å². The van der Waals surface area contributed by atoms with Crippen molar-refractivity contribution < 1.29 is 0 Å². The van der Waals surface area contributed by atoms with Crippen LogP contribution >= 0.6 is 31.9 Å². The summed E-state index contributed by atoms with van der Waals surface area (Å²) in [6.45, 7) is 1.96. The van der Waals surface area contributed by atoms with Crippen LogP contribution in [0.3, 0.4) is 0 Å². The molecule has 0 spiro atoms. The van der Waals surface area contributed by atoms with E-state index in [2.05, 4.69) is 46.8 Å². The van der Waals surface area contributed by atoms with Crippen molar-refractivity contribution in [2.24, 2.45) is 0 Å². The molecule has 0 fully saturated rings. The largest absolute Gasteiger partial charge is 0.304 e. The molecule has 2 heterocycles. The number of nitrogens with one attached hydrogen (secondary N) is 1. The lowest BCUT2D eigenvalue weighted by molar-refractivity contribution is 0.964. The number of aromatic nitrogens is 3. The van der Waals surface area contributed by atoms with Crippen molar-refractivity contribution in [3.05, 3.63) is 55.3 Å². The zero-order chi connectivity index (χ0) is 15.0. The van der Waals surface area contributed by atoms with Gasteiger partial charge < -0.3 is 4.98 Å². The molecule has 6 heteroatoms. The van der Waals surface area contributed by atoms with Gasteiger partial charge in [-0.3, -0.25) is 4.79 Å². The van der Waals surface area contributed by atoms with E-state index in [0.717, 1.165) is 21.1 Å². The Hall–Kier alpha value is -1.53. The number of pyridine rings is 1. The number of hydrogen-bond acceptors (Lipinski definition) is 3. The number of aromatic amines is 1. The van der Waals surface area contributed by atoms with Crippen molar-refractivity contribution in [1.82, 2.24) is 15.0 Å². The molecule has 0 atom stereocenters. The minimum absolute atomic E-state index is 0.196. The molecule has 106 valence electrons. The Kier molecular flexibility index (Phi) is 3.91. The SMILES string of the molecule is CCc1nc(-c2nc3ccccc3cc2Br)[nH]c(=O)c1Br. The van der Waals surface area contributed by atoms with Gasteiger partial charge in [0.05, 0.1) is 11.2 Å². The number of nitrogens with zero attached hydrogens (tertiary/aromatic N) is 2. The van der Waals surface area contributed by atoms with E-state index in [-0.39, 0.29) is 5.56 Å². The average Bonchev–Trinajstić information content (AvgIpc) is 2.49. The maximum atomic E-state index is 12.0. The second-order valence-corrected chi connectivity index (χ2v) is 6.19. The highest BCUT2D eigenvalue weighted by molar-refractivity contribution is 9.10. The first-order valence-corrected chi connectivity index (χ1v) is 8.03. The van der Waals surface area contributed by atoms with Gasteiger partial charge in [-0.2, -0.15) is 0 Å². The first-order chi connectivity index (χ1) is 10.1. The number of benzene rings is 1. The molecular formula is C15H11Br2N3O. The van der Waals surface area contributed by atoms with Crippen molar-refractivity contribution in [2.75, 3.05) is 0 Å². The van der Waals surface area contributed by atoms with Crippen LogP contribution in [0.1, 0.15) is 12.6 Å². The summed E-state index contributed by atoms with van der Waals surface area (Å²) in [6, 6.07) is 9.80. The Bertz CT molecular complexity index is 890. The minimum atomic E-state index is -0.196. The second-order valence-electron chi connectivity index (χ2n) is 4.54. The zero-order valence-corrected chi connectivity index (χ0v) is 14.3. The number of hydrogen-bond donors (Lipinski definition) is 1. The molecular weight excluding hydrogens is 398 g/mol. The number of H-pyrrole nitrogens is 1. The van der Waals surface area contributed by atoms with E-state index in [1.54, 1.807) is 0 Å². The summed E-state index contributed by atoms with van der Waals surface area (Å²) in [6.07, 6.45) is 0.669. The fourth-order valence-electron chi connectivity index (χ4n) is 2.11. The van der Waals surface area contributed by atoms with Crippen molar-refractivity contribution in [3.8, 4) is 11.5 Å². The predicted octanol–water partition coefficient (Wildman–Crippen LogP) is 4.07. The quantitative estimate of drug-likeness (QED) is 0.695. The van der Waals surface area contributed by atoms with Crippen LogP contribution < -0.4 is 5.56 Å². The molecule has 2 aromatic heterocycles. The monoisotopic (exact) mass is 407 g/mol. The lowest BCUT2D eigenvalue weighted by Gasteiger charge is -2.08. The highest BCUT2D eigenvalue weighted by Crippen LogP contribution is 2.27. The lowest BCUT2D eigenvalue weighted by Crippen LogP contribution is -2.13. The van der Waals surface area contributed by atoms with Crippen LogP contribution in [-0.2, 0) is 6.42 Å². The van der Waals surface area contributed by atoms with Crippen LogP contribution in [0.25, 0.3) is 22.4 Å². The third-order valence-electron chi connectivity index (χ3n) is 3.17. The van der Waals surface area contributed by atoms with Gasteiger partial charge in [0.15, 0.2) is 5.82 Å². The Morgan fingerprint density at radius 3 is 2.71 bits per heavy atom. The second kappa shape index (κ2) is 5.69. The number of rotatable bonds is 2. The first kappa shape index (κ1) is 14.4. The predicted molar refractivity (Wildman–Crippen MR) is 90.4 cm³/mol. The highest BCUT2D eigenvalue weighted by atomic mass is 79.9. The van der Waals surface area contributed by atoms with Crippen LogP contribution in [0.5, 0.6) is 0 Å². The average molecular weight is 409 g/mol. The summed E-state index contributed by atoms with van der Waals surface area (Å²) >= 11 is 6.77. The van der Waals surface area contributed by atoms with E-state index in [0.29, 0.717) is 22.4 Å². The van der Waals surface area contributed by atoms with Crippen molar-refractivity contribution >= 4 is 42.8 Å². The van der Waals surface area contributed by atoms with Gasteiger partial charge >= 0.3 is 0 Å². The molecule has 0 aliphatic carbocycles. The number of fused-ring (bicyclic) bond motifs is 1. The number of aryl methyl sites for hydroxylation is 1. The Balaban J connectivity index is 2.27. The normalized spacial score (nSPS) is 11.0. The topological polar surface area (TPSA) is 58.6 Å². The number of para-hydroxylation sites is 1. The minimum Gasteiger partial charge on any atom is -0.304 e. The highest BCUT2D eigenvalue weighted by Gasteiger charge is 2.13. The molecule has 0 radical (unpaired) electrons. The molecule has 0 saturated heterocycles. The third-order valence-corrected chi connectivity index (χ3v) is 4.59. The van der Waals surface area contributed by atoms with Gasteiger partial charge in [0, 0.05) is 9.86 Å². The van der Waals surface area contributed by atoms with Crippen LogP contribution in [-0.4, -0.2) is 15.0 Å². The van der Waals surface area contributed by atoms with Gasteiger partial charge in [-0.1, -0.05) is 25.1 Å². The van der Waals surface area contributed by atoms with Crippen LogP contribution in [0, 0.1) is 0 Å². The molecule has 0 amide bonds. The van der Waals surface area contributed by atoms with Crippen LogP contribution in [0.2, 0.25) is 0 Å². The lowest BCUT2D eigenvalue weighted by atomic mass is 10.2. The number of halogens is 2. The standard InChI is InChI=1S/C15H11Br2N3O/c1-2-10-12(17)15(21)20-14(19-10)13-9(16)7-8-5-3-4-6-11(8)18-13/h3-7H,2H2,1H3,(H,19,20,21). The summed E-state index contributed by atoms with van der Waals surface area (Å²) in [7, 11) is 0. The van der Waals surface area contributed by atoms with Gasteiger partial charge in [0.2, 0.25) is 0 Å². The zero-order valence-electron chi connectivity index (χ0n) is 11.2.